The number of rotatable bonds is 9. The molecule has 0 unspecified atom stereocenters. The molecule has 9 rings (SSSR count). The fraction of sp³-hybridized carbons (Fsp3) is 0.120. The van der Waals surface area contributed by atoms with Crippen molar-refractivity contribution < 1.29 is 38.4 Å². The van der Waals surface area contributed by atoms with Crippen LogP contribution in [-0.4, -0.2) is 38.1 Å². The number of hydrogen-bond acceptors (Lipinski definition) is 4. The van der Waals surface area contributed by atoms with E-state index < -0.39 is 9.67 Å². The molecule has 0 saturated heterocycles. The van der Waals surface area contributed by atoms with E-state index in [9.17, 15) is 0 Å². The van der Waals surface area contributed by atoms with E-state index in [0.29, 0.717) is 0 Å². The van der Waals surface area contributed by atoms with Gasteiger partial charge in [-0.25, -0.2) is 0 Å². The van der Waals surface area contributed by atoms with Crippen LogP contribution in [0.2, 0.25) is 0 Å². The van der Waals surface area contributed by atoms with Crippen molar-refractivity contribution >= 4 is 46.4 Å². The van der Waals surface area contributed by atoms with Crippen molar-refractivity contribution in [1.82, 2.24) is 19.9 Å². The van der Waals surface area contributed by atoms with Crippen LogP contribution in [0, 0.1) is 23.7 Å². The number of alkyl halides is 4. The van der Waals surface area contributed by atoms with Crippen molar-refractivity contribution in [2.75, 3.05) is 28.4 Å². The molecule has 4 aromatic carbocycles. The van der Waals surface area contributed by atoms with E-state index in [1.807, 2.05) is 97.1 Å². The number of methoxy groups -OCH3 is 4. The molecule has 4 aromatic heterocycles. The predicted molar refractivity (Wildman–Crippen MR) is 244 cm³/mol. The van der Waals surface area contributed by atoms with E-state index in [0.717, 1.165) is 114 Å². The van der Waals surface area contributed by atoms with Crippen LogP contribution in [0.1, 0.15) is 67.8 Å². The van der Waals surface area contributed by atoms with Crippen molar-refractivity contribution in [2.45, 2.75) is 9.67 Å². The third-order valence-corrected chi connectivity index (χ3v) is 11.8. The standard InChI is InChI=1S/C48H36N4O4.C2H2Cl4.Zn/c1-53-33-13-5-29(6-14-33)45-37-21-23-39(49-37)46(30-7-15-34(54-2)16-8-30)41-25-27-43(51-41)48(32-11-19-36(56-4)20-12-32)44-28-26-42(52-44)47(40-24-22-38(45)50-40)31-9-17-35(55-3)18-10-31;3-1(4)2(5)6;/h5-28H,1-4H3;1-2H;. The van der Waals surface area contributed by atoms with Crippen LogP contribution >= 0.6 is 46.4 Å². The van der Waals surface area contributed by atoms with Crippen LogP contribution in [0.15, 0.2) is 146 Å². The maximum atomic E-state index is 5.52. The van der Waals surface area contributed by atoms with Gasteiger partial charge in [-0.1, -0.05) is 0 Å². The zero-order valence-electron chi connectivity index (χ0n) is 34.7. The molecular formula is C50H38Cl4N4O4Zn. The summed E-state index contributed by atoms with van der Waals surface area (Å²) in [6, 6.07) is 48.5. The Morgan fingerprint density at radius 3 is 0.587 bits per heavy atom. The van der Waals surface area contributed by atoms with E-state index in [-0.39, 0.29) is 19.5 Å². The Labute approximate surface area is 400 Å². The van der Waals surface area contributed by atoms with Crippen LogP contribution in [0.3, 0.4) is 0 Å². The van der Waals surface area contributed by atoms with Crippen LogP contribution in [0.25, 0.3) is 0 Å². The van der Waals surface area contributed by atoms with Gasteiger partial charge in [0, 0.05) is 189 Å². The Hall–Kier alpha value is -5.54. The van der Waals surface area contributed by atoms with Gasteiger partial charge in [0.05, 0.1) is 50.7 Å². The monoisotopic (exact) mass is 962 g/mol. The zero-order valence-corrected chi connectivity index (χ0v) is 40.6. The third kappa shape index (κ3) is 9.84. The molecule has 63 heavy (non-hydrogen) atoms. The second-order valence-electron chi connectivity index (χ2n) is 13.9. The summed E-state index contributed by atoms with van der Waals surface area (Å²) < 4.78 is 22.1. The molecule has 0 N–H and O–H groups in total. The molecule has 0 fully saturated rings. The quantitative estimate of drug-likeness (QED) is 0.0802. The molecule has 8 nitrogen and oxygen atoms in total. The summed E-state index contributed by atoms with van der Waals surface area (Å²) >= 11 is 20.5. The van der Waals surface area contributed by atoms with Gasteiger partial charge in [0.15, 0.2) is 0 Å². The minimum Gasteiger partial charge on any atom is -0.628 e. The first-order valence-corrected chi connectivity index (χ1v) is 21.1. The first-order chi connectivity index (χ1) is 30.2. The molecule has 0 spiro atoms. The maximum absolute atomic E-state index is 5.52. The number of aromatic nitrogens is 4. The number of halogens is 4. The SMILES string of the molecule is COc1ccc([C+]2c3ccc([n-]3)[C+](c3ccc(OC)cc3)c3ccc([n-]3)[C+](c3ccc(OC)cc3)c3ccc([n-]3)[C+](c3ccc(OC)cc3)c3ccc2[n-]3)cc1.ClC(Cl)C(Cl)Cl.[Zn]. The summed E-state index contributed by atoms with van der Waals surface area (Å²) in [6.45, 7) is 0. The van der Waals surface area contributed by atoms with Gasteiger partial charge in [-0.05, 0) is 45.6 Å². The fourth-order valence-electron chi connectivity index (χ4n) is 7.30. The molecule has 5 heterocycles. The number of ether oxygens (including phenoxy) is 4. The van der Waals surface area contributed by atoms with Gasteiger partial charge >= 0.3 is 0 Å². The van der Waals surface area contributed by atoms with E-state index in [2.05, 4.69) is 48.5 Å². The molecule has 8 bridgehead atoms. The van der Waals surface area contributed by atoms with Crippen molar-refractivity contribution in [3.05, 3.63) is 237 Å². The molecule has 0 radical (unpaired) electrons. The first-order valence-electron chi connectivity index (χ1n) is 19.4. The van der Waals surface area contributed by atoms with Crippen molar-refractivity contribution in [3.8, 4) is 23.0 Å². The Kier molecular flexibility index (Phi) is 14.7. The molecule has 0 amide bonds. The zero-order chi connectivity index (χ0) is 43.3. The van der Waals surface area contributed by atoms with Gasteiger partial charge in [-0.3, -0.25) is 0 Å². The first kappa shape index (κ1) is 45.5. The van der Waals surface area contributed by atoms with Gasteiger partial charge in [0.2, 0.25) is 0 Å². The number of fused-ring (bicyclic) bond motifs is 8. The van der Waals surface area contributed by atoms with E-state index in [1.165, 1.54) is 0 Å². The summed E-state index contributed by atoms with van der Waals surface area (Å²) in [5.74, 6) is 6.63. The fourth-order valence-corrected chi connectivity index (χ4v) is 7.30. The van der Waals surface area contributed by atoms with Gasteiger partial charge in [-0.2, -0.15) is 0 Å². The molecule has 1 aliphatic heterocycles. The Balaban J connectivity index is 0.000000796. The molecule has 0 saturated carbocycles. The molecule has 13 heteroatoms. The second kappa shape index (κ2) is 20.3. The molecule has 8 aromatic rings. The topological polar surface area (TPSA) is 93.3 Å². The summed E-state index contributed by atoms with van der Waals surface area (Å²) in [7, 11) is 6.67. The predicted octanol–water partition coefficient (Wildman–Crippen LogP) is 10.5. The van der Waals surface area contributed by atoms with E-state index in [1.54, 1.807) is 28.4 Å². The third-order valence-electron chi connectivity index (χ3n) is 10.3. The van der Waals surface area contributed by atoms with Crippen LogP contribution in [0.5, 0.6) is 23.0 Å². The summed E-state index contributed by atoms with van der Waals surface area (Å²) in [4.78, 5) is 20.0. The van der Waals surface area contributed by atoms with Gasteiger partial charge in [0.25, 0.3) is 0 Å². The number of hydrogen-bond donors (Lipinski definition) is 0. The Bertz CT molecular complexity index is 2230. The Morgan fingerprint density at radius 1 is 0.302 bits per heavy atom. The van der Waals surface area contributed by atoms with Crippen molar-refractivity contribution in [3.63, 3.8) is 0 Å². The minimum atomic E-state index is -0.673. The molecule has 0 aliphatic carbocycles. The average molecular weight is 966 g/mol. The molecule has 0 atom stereocenters. The molecular weight excluding hydrogens is 928 g/mol. The number of nitrogens with zero attached hydrogens (tertiary/aromatic N) is 4. The largest absolute Gasteiger partial charge is 0.628 e. The van der Waals surface area contributed by atoms with Gasteiger partial charge in [-0.15, -0.1) is 46.4 Å². The molecule has 1 aliphatic rings. The van der Waals surface area contributed by atoms with E-state index in [4.69, 9.17) is 85.3 Å². The normalized spacial score (nSPS) is 12.2. The summed E-state index contributed by atoms with van der Waals surface area (Å²) in [6.07, 6.45) is 0. The van der Waals surface area contributed by atoms with Gasteiger partial charge < -0.3 is 38.9 Å². The van der Waals surface area contributed by atoms with Crippen molar-refractivity contribution in [2.24, 2.45) is 0 Å². The van der Waals surface area contributed by atoms with Crippen LogP contribution in [-0.2, 0) is 19.5 Å². The maximum Gasteiger partial charge on any atom is 0.137 e. The second-order valence-corrected chi connectivity index (χ2v) is 16.3. The summed E-state index contributed by atoms with van der Waals surface area (Å²) in [5.41, 5.74) is 10.1. The average Bonchev–Trinajstić information content (AvgIpc) is 4.16. The van der Waals surface area contributed by atoms with Gasteiger partial charge in [0.1, 0.15) is 32.7 Å². The minimum absolute atomic E-state index is 0. The van der Waals surface area contributed by atoms with Crippen LogP contribution in [0.4, 0.5) is 0 Å². The van der Waals surface area contributed by atoms with E-state index >= 15 is 0 Å². The van der Waals surface area contributed by atoms with Crippen molar-refractivity contribution in [1.29, 1.82) is 0 Å². The smallest absolute Gasteiger partial charge is 0.137 e. The van der Waals surface area contributed by atoms with Crippen LogP contribution < -0.4 is 38.9 Å². The molecule has 312 valence electrons. The number of benzene rings is 4. The Morgan fingerprint density at radius 2 is 0.460 bits per heavy atom. The summed E-state index contributed by atoms with van der Waals surface area (Å²) in [5, 5.41) is 0.